The van der Waals surface area contributed by atoms with Crippen LogP contribution < -0.4 is 5.32 Å². The molecule has 0 unspecified atom stereocenters. The Kier molecular flexibility index (Phi) is 8.67. The number of urea groups is 1. The number of carbonyl (C=O) groups excluding carboxylic acids is 1. The van der Waals surface area contributed by atoms with Crippen LogP contribution in [0.3, 0.4) is 0 Å². The van der Waals surface area contributed by atoms with Crippen LogP contribution in [-0.2, 0) is 12.7 Å². The predicted octanol–water partition coefficient (Wildman–Crippen LogP) is 5.14. The molecule has 5 nitrogen and oxygen atoms in total. The second kappa shape index (κ2) is 11.1. The average Bonchev–Trinajstić information content (AvgIpc) is 3.21. The van der Waals surface area contributed by atoms with Crippen LogP contribution in [0.1, 0.15) is 29.0 Å². The van der Waals surface area contributed by atoms with Crippen molar-refractivity contribution in [2.75, 3.05) is 33.3 Å². The molecule has 2 N–H and O–H groups in total. The number of aliphatic hydroxyl groups excluding tert-OH is 1. The number of halogens is 6. The summed E-state index contributed by atoms with van der Waals surface area (Å²) in [5, 5.41) is 12.5. The van der Waals surface area contributed by atoms with Crippen LogP contribution in [0.5, 0.6) is 0 Å². The van der Waals surface area contributed by atoms with Crippen molar-refractivity contribution >= 4 is 29.2 Å². The highest BCUT2D eigenvalue weighted by Crippen LogP contribution is 2.35. The van der Waals surface area contributed by atoms with Crippen molar-refractivity contribution in [1.82, 2.24) is 15.1 Å². The van der Waals surface area contributed by atoms with Crippen molar-refractivity contribution in [2.45, 2.75) is 31.1 Å². The van der Waals surface area contributed by atoms with Crippen molar-refractivity contribution in [1.29, 1.82) is 0 Å². The van der Waals surface area contributed by atoms with Gasteiger partial charge in [0.1, 0.15) is 5.82 Å². The standard InChI is InChI=1S/C23H25Cl2F4N3O2/c1-31(11-14-3-5-17(20(26)9-14)23(27,28)29)21-13-32(22(34)30-7-2-8-33)12-16(21)15-4-6-18(24)19(25)10-15/h3-6,9-10,16,21,33H,2,7-8,11-13H2,1H3,(H,30,34)/t16-,21+/m1/s1. The highest BCUT2D eigenvalue weighted by atomic mass is 35.5. The number of amides is 2. The molecule has 34 heavy (non-hydrogen) atoms. The Hall–Kier alpha value is -2.07. The molecule has 11 heteroatoms. The lowest BCUT2D eigenvalue weighted by atomic mass is 9.93. The molecule has 0 aliphatic carbocycles. The Bertz CT molecular complexity index is 1020. The van der Waals surface area contributed by atoms with Crippen LogP contribution >= 0.6 is 23.2 Å². The number of aliphatic hydroxyl groups is 1. The zero-order valence-corrected chi connectivity index (χ0v) is 19.9. The highest BCUT2D eigenvalue weighted by Gasteiger charge is 2.39. The summed E-state index contributed by atoms with van der Waals surface area (Å²) in [6.07, 6.45) is -4.33. The second-order valence-corrected chi connectivity index (χ2v) is 9.10. The van der Waals surface area contributed by atoms with Gasteiger partial charge in [0, 0.05) is 44.7 Å². The minimum absolute atomic E-state index is 0.0404. The van der Waals surface area contributed by atoms with Crippen molar-refractivity contribution in [3.8, 4) is 0 Å². The molecule has 2 aromatic rings. The van der Waals surface area contributed by atoms with Gasteiger partial charge in [-0.05, 0) is 48.9 Å². The third-order valence-electron chi connectivity index (χ3n) is 5.90. The van der Waals surface area contributed by atoms with Gasteiger partial charge < -0.3 is 15.3 Å². The van der Waals surface area contributed by atoms with Crippen LogP contribution in [0, 0.1) is 5.82 Å². The van der Waals surface area contributed by atoms with Gasteiger partial charge in [-0.25, -0.2) is 9.18 Å². The van der Waals surface area contributed by atoms with Crippen LogP contribution in [0.15, 0.2) is 36.4 Å². The summed E-state index contributed by atoms with van der Waals surface area (Å²) in [6, 6.07) is 7.62. The number of hydrogen-bond donors (Lipinski definition) is 2. The van der Waals surface area contributed by atoms with Gasteiger partial charge in [-0.1, -0.05) is 35.3 Å². The maximum absolute atomic E-state index is 14.1. The van der Waals surface area contributed by atoms with Gasteiger partial charge >= 0.3 is 12.2 Å². The first-order valence-corrected chi connectivity index (χ1v) is 11.4. The normalized spacial score (nSPS) is 18.6. The largest absolute Gasteiger partial charge is 0.419 e. The molecular weight excluding hydrogens is 497 g/mol. The number of benzene rings is 2. The van der Waals surface area contributed by atoms with Gasteiger partial charge in [-0.2, -0.15) is 13.2 Å². The Morgan fingerprint density at radius 2 is 1.91 bits per heavy atom. The van der Waals surface area contributed by atoms with Gasteiger partial charge in [0.15, 0.2) is 0 Å². The van der Waals surface area contributed by atoms with Crippen LogP contribution in [0.4, 0.5) is 22.4 Å². The third kappa shape index (κ3) is 6.33. The van der Waals surface area contributed by atoms with Crippen LogP contribution in [0.2, 0.25) is 10.0 Å². The Balaban J connectivity index is 1.82. The van der Waals surface area contributed by atoms with Gasteiger partial charge in [0.2, 0.25) is 0 Å². The third-order valence-corrected chi connectivity index (χ3v) is 6.64. The number of likely N-dealkylation sites (N-methyl/N-ethyl adjacent to an activating group) is 1. The zero-order valence-electron chi connectivity index (χ0n) is 18.4. The van der Waals surface area contributed by atoms with E-state index < -0.39 is 17.6 Å². The number of nitrogens with one attached hydrogen (secondary N) is 1. The first-order valence-electron chi connectivity index (χ1n) is 10.7. The van der Waals surface area contributed by atoms with E-state index in [1.807, 2.05) is 11.0 Å². The molecule has 0 saturated carbocycles. The quantitative estimate of drug-likeness (QED) is 0.391. The van der Waals surface area contributed by atoms with Crippen LogP contribution in [0.25, 0.3) is 0 Å². The lowest BCUT2D eigenvalue weighted by Crippen LogP contribution is -2.41. The Labute approximate surface area is 205 Å². The summed E-state index contributed by atoms with van der Waals surface area (Å²) in [5.74, 6) is -1.49. The van der Waals surface area contributed by atoms with Crippen molar-refractivity contribution < 1.29 is 27.5 Å². The summed E-state index contributed by atoms with van der Waals surface area (Å²) in [7, 11) is 1.78. The minimum Gasteiger partial charge on any atom is -0.396 e. The zero-order chi connectivity index (χ0) is 25.0. The molecule has 1 heterocycles. The molecule has 1 fully saturated rings. The summed E-state index contributed by atoms with van der Waals surface area (Å²) in [4.78, 5) is 16.2. The number of likely N-dealkylation sites (tertiary alicyclic amines) is 1. The second-order valence-electron chi connectivity index (χ2n) is 8.29. The molecule has 1 aliphatic heterocycles. The summed E-state index contributed by atoms with van der Waals surface area (Å²) in [6.45, 7) is 1.18. The molecule has 186 valence electrons. The van der Waals surface area contributed by atoms with Crippen LogP contribution in [-0.4, -0.2) is 60.3 Å². The molecule has 1 aliphatic rings. The van der Waals surface area contributed by atoms with Crippen molar-refractivity contribution in [3.63, 3.8) is 0 Å². The van der Waals surface area contributed by atoms with E-state index in [2.05, 4.69) is 5.32 Å². The topological polar surface area (TPSA) is 55.8 Å². The number of carbonyl (C=O) groups is 1. The lowest BCUT2D eigenvalue weighted by Gasteiger charge is -2.29. The molecule has 3 rings (SSSR count). The Morgan fingerprint density at radius 3 is 2.53 bits per heavy atom. The maximum Gasteiger partial charge on any atom is 0.419 e. The Morgan fingerprint density at radius 1 is 1.18 bits per heavy atom. The number of rotatable bonds is 7. The van der Waals surface area contributed by atoms with Crippen molar-refractivity contribution in [2.24, 2.45) is 0 Å². The van der Waals surface area contributed by atoms with E-state index in [1.165, 1.54) is 6.07 Å². The fraction of sp³-hybridized carbons (Fsp3) is 0.435. The smallest absolute Gasteiger partial charge is 0.396 e. The summed E-state index contributed by atoms with van der Waals surface area (Å²) < 4.78 is 52.7. The molecule has 2 atom stereocenters. The molecular formula is C23H25Cl2F4N3O2. The number of alkyl halides is 3. The predicted molar refractivity (Wildman–Crippen MR) is 123 cm³/mol. The SMILES string of the molecule is CN(Cc1ccc(C(F)(F)F)c(F)c1)[C@H]1CN(C(=O)NCCCO)C[C@@H]1c1ccc(Cl)c(Cl)c1. The summed E-state index contributed by atoms with van der Waals surface area (Å²) >= 11 is 12.3. The maximum atomic E-state index is 14.1. The van der Waals surface area contributed by atoms with E-state index >= 15 is 0 Å². The molecule has 2 amide bonds. The molecule has 1 saturated heterocycles. The molecule has 0 aromatic heterocycles. The minimum atomic E-state index is -4.76. The number of nitrogens with zero attached hydrogens (tertiary/aromatic N) is 2. The highest BCUT2D eigenvalue weighted by molar-refractivity contribution is 6.42. The fourth-order valence-electron chi connectivity index (χ4n) is 4.15. The first kappa shape index (κ1) is 26.5. The molecule has 0 radical (unpaired) electrons. The molecule has 0 spiro atoms. The molecule has 0 bridgehead atoms. The van der Waals surface area contributed by atoms with E-state index in [0.717, 1.165) is 17.7 Å². The van der Waals surface area contributed by atoms with E-state index in [-0.39, 0.29) is 31.1 Å². The fourth-order valence-corrected chi connectivity index (χ4v) is 4.45. The van der Waals surface area contributed by atoms with Gasteiger partial charge in [0.05, 0.1) is 15.6 Å². The van der Waals surface area contributed by atoms with Gasteiger partial charge in [0.25, 0.3) is 0 Å². The van der Waals surface area contributed by atoms with E-state index in [1.54, 1.807) is 24.1 Å². The van der Waals surface area contributed by atoms with Gasteiger partial charge in [-0.3, -0.25) is 4.90 Å². The van der Waals surface area contributed by atoms with E-state index in [4.69, 9.17) is 28.3 Å². The van der Waals surface area contributed by atoms with E-state index in [0.29, 0.717) is 41.7 Å². The average molecular weight is 522 g/mol. The number of hydrogen-bond acceptors (Lipinski definition) is 3. The van der Waals surface area contributed by atoms with Crippen molar-refractivity contribution in [3.05, 3.63) is 69.0 Å². The van der Waals surface area contributed by atoms with Gasteiger partial charge in [-0.15, -0.1) is 0 Å². The lowest BCUT2D eigenvalue weighted by molar-refractivity contribution is -0.140. The van der Waals surface area contributed by atoms with E-state index in [9.17, 15) is 22.4 Å². The molecule has 2 aromatic carbocycles. The first-order chi connectivity index (χ1) is 16.0. The summed E-state index contributed by atoms with van der Waals surface area (Å²) in [5.41, 5.74) is -0.0681. The monoisotopic (exact) mass is 521 g/mol.